The standard InChI is InChI=1S/C29H45N5O2/c1-2-5-34-26-4-3-24(17-25(26)27(30-34)28(35)32-10-12-36-13-11-32)31-6-8-33(9-7-31)29-18-21-14-22(19-29)16-23(15-21)20-29/h21-24H,2-20H2,1H3. The Kier molecular flexibility index (Phi) is 6.17. The first-order valence-corrected chi connectivity index (χ1v) is 15.1. The number of carbonyl (C=O) groups excluding carboxylic acids is 1. The van der Waals surface area contributed by atoms with E-state index in [1.54, 1.807) is 0 Å². The number of hydrogen-bond donors (Lipinski definition) is 0. The molecule has 2 saturated heterocycles. The fourth-order valence-electron chi connectivity index (χ4n) is 9.48. The zero-order valence-corrected chi connectivity index (χ0v) is 22.3. The second kappa shape index (κ2) is 9.39. The molecule has 7 heteroatoms. The first-order valence-electron chi connectivity index (χ1n) is 15.1. The fourth-order valence-corrected chi connectivity index (χ4v) is 9.48. The summed E-state index contributed by atoms with van der Waals surface area (Å²) in [4.78, 5) is 21.2. The maximum atomic E-state index is 13.5. The summed E-state index contributed by atoms with van der Waals surface area (Å²) >= 11 is 0. The van der Waals surface area contributed by atoms with Crippen molar-refractivity contribution in [2.75, 3.05) is 52.5 Å². The van der Waals surface area contributed by atoms with Gasteiger partial charge < -0.3 is 9.64 Å². The predicted octanol–water partition coefficient (Wildman–Crippen LogP) is 3.21. The molecule has 8 rings (SSSR count). The number of nitrogens with zero attached hydrogens (tertiary/aromatic N) is 5. The Balaban J connectivity index is 1.05. The molecule has 4 saturated carbocycles. The Hall–Kier alpha value is -1.44. The van der Waals surface area contributed by atoms with Gasteiger partial charge in [-0.25, -0.2) is 0 Å². The first kappa shape index (κ1) is 23.7. The normalized spacial score (nSPS) is 36.9. The quantitative estimate of drug-likeness (QED) is 0.628. The molecule has 5 aliphatic carbocycles. The SMILES string of the molecule is CCCn1nc(C(=O)N2CCOCC2)c2c1CCC(N1CCN(C34CC5CC(CC(C5)C3)C4)CC1)C2. The van der Waals surface area contributed by atoms with Crippen LogP contribution in [0.2, 0.25) is 0 Å². The molecule has 6 fully saturated rings. The summed E-state index contributed by atoms with van der Waals surface area (Å²) in [5.74, 6) is 3.19. The van der Waals surface area contributed by atoms with Crippen LogP contribution in [0.5, 0.6) is 0 Å². The highest BCUT2D eigenvalue weighted by atomic mass is 16.5. The lowest BCUT2D eigenvalue weighted by atomic mass is 9.52. The number of hydrogen-bond acceptors (Lipinski definition) is 5. The number of ether oxygens (including phenoxy) is 1. The van der Waals surface area contributed by atoms with Crippen LogP contribution in [0.25, 0.3) is 0 Å². The van der Waals surface area contributed by atoms with Crippen molar-refractivity contribution in [1.29, 1.82) is 0 Å². The van der Waals surface area contributed by atoms with Crippen molar-refractivity contribution in [3.63, 3.8) is 0 Å². The van der Waals surface area contributed by atoms with Crippen LogP contribution < -0.4 is 0 Å². The van der Waals surface area contributed by atoms with E-state index in [1.165, 1.54) is 82.4 Å². The molecule has 1 unspecified atom stereocenters. The third kappa shape index (κ3) is 4.04. The molecule has 1 atom stereocenters. The van der Waals surface area contributed by atoms with Crippen molar-refractivity contribution in [3.8, 4) is 0 Å². The van der Waals surface area contributed by atoms with E-state index in [4.69, 9.17) is 9.84 Å². The van der Waals surface area contributed by atoms with Crippen LogP contribution in [0.3, 0.4) is 0 Å². The number of fused-ring (bicyclic) bond motifs is 1. The van der Waals surface area contributed by atoms with Crippen LogP contribution in [-0.4, -0.2) is 94.5 Å². The Labute approximate surface area is 216 Å². The van der Waals surface area contributed by atoms with Gasteiger partial charge in [-0.3, -0.25) is 19.3 Å². The van der Waals surface area contributed by atoms with E-state index in [0.717, 1.165) is 49.3 Å². The van der Waals surface area contributed by atoms with Crippen molar-refractivity contribution in [2.24, 2.45) is 17.8 Å². The molecule has 7 aliphatic rings. The molecule has 0 spiro atoms. The number of piperazine rings is 1. The maximum Gasteiger partial charge on any atom is 0.274 e. The van der Waals surface area contributed by atoms with Gasteiger partial charge in [-0.1, -0.05) is 6.92 Å². The van der Waals surface area contributed by atoms with Gasteiger partial charge in [0.2, 0.25) is 0 Å². The molecule has 4 bridgehead atoms. The molecule has 198 valence electrons. The third-order valence-corrected chi connectivity index (χ3v) is 10.8. The lowest BCUT2D eigenvalue weighted by Gasteiger charge is -2.62. The van der Waals surface area contributed by atoms with Crippen LogP contribution in [0.15, 0.2) is 0 Å². The minimum atomic E-state index is 0.122. The van der Waals surface area contributed by atoms with E-state index < -0.39 is 0 Å². The number of amides is 1. The van der Waals surface area contributed by atoms with Gasteiger partial charge >= 0.3 is 0 Å². The Bertz CT molecular complexity index is 939. The Morgan fingerprint density at radius 3 is 2.28 bits per heavy atom. The van der Waals surface area contributed by atoms with E-state index in [-0.39, 0.29) is 5.91 Å². The number of aryl methyl sites for hydroxylation is 1. The average molecular weight is 496 g/mol. The summed E-state index contributed by atoms with van der Waals surface area (Å²) in [5, 5.41) is 4.91. The van der Waals surface area contributed by atoms with Crippen molar-refractivity contribution in [3.05, 3.63) is 17.0 Å². The summed E-state index contributed by atoms with van der Waals surface area (Å²) in [7, 11) is 0. The molecule has 3 heterocycles. The maximum absolute atomic E-state index is 13.5. The van der Waals surface area contributed by atoms with Gasteiger partial charge in [0.25, 0.3) is 5.91 Å². The van der Waals surface area contributed by atoms with Crippen molar-refractivity contribution in [1.82, 2.24) is 24.5 Å². The molecular weight excluding hydrogens is 450 g/mol. The second-order valence-corrected chi connectivity index (χ2v) is 13.0. The van der Waals surface area contributed by atoms with E-state index in [1.807, 2.05) is 4.90 Å². The van der Waals surface area contributed by atoms with Gasteiger partial charge in [0.15, 0.2) is 5.69 Å². The second-order valence-electron chi connectivity index (χ2n) is 13.0. The van der Waals surface area contributed by atoms with Crippen LogP contribution in [0.4, 0.5) is 0 Å². The monoisotopic (exact) mass is 495 g/mol. The minimum absolute atomic E-state index is 0.122. The average Bonchev–Trinajstić information content (AvgIpc) is 3.26. The number of rotatable bonds is 5. The minimum Gasteiger partial charge on any atom is -0.378 e. The first-order chi connectivity index (χ1) is 17.6. The van der Waals surface area contributed by atoms with Crippen LogP contribution in [0.1, 0.15) is 80.0 Å². The number of aromatic nitrogens is 2. The zero-order chi connectivity index (χ0) is 24.3. The van der Waals surface area contributed by atoms with Gasteiger partial charge in [0.1, 0.15) is 0 Å². The summed E-state index contributed by atoms with van der Waals surface area (Å²) in [5.41, 5.74) is 3.86. The molecule has 1 aromatic rings. The van der Waals surface area contributed by atoms with Gasteiger partial charge in [-0.2, -0.15) is 5.10 Å². The topological polar surface area (TPSA) is 53.8 Å². The Morgan fingerprint density at radius 2 is 1.64 bits per heavy atom. The highest BCUT2D eigenvalue weighted by Gasteiger charge is 2.53. The molecule has 2 aliphatic heterocycles. The van der Waals surface area contributed by atoms with Gasteiger partial charge in [0, 0.05) is 68.7 Å². The Morgan fingerprint density at radius 1 is 0.972 bits per heavy atom. The summed E-state index contributed by atoms with van der Waals surface area (Å²) in [6.07, 6.45) is 13.3. The smallest absolute Gasteiger partial charge is 0.274 e. The summed E-state index contributed by atoms with van der Waals surface area (Å²) in [6.45, 7) is 10.6. The molecule has 7 nitrogen and oxygen atoms in total. The highest BCUT2D eigenvalue weighted by molar-refractivity contribution is 5.94. The molecular formula is C29H45N5O2. The lowest BCUT2D eigenvalue weighted by molar-refractivity contribution is -0.104. The molecule has 0 aromatic carbocycles. The highest BCUT2D eigenvalue weighted by Crippen LogP contribution is 2.57. The third-order valence-electron chi connectivity index (χ3n) is 10.8. The molecule has 1 amide bonds. The molecule has 36 heavy (non-hydrogen) atoms. The van der Waals surface area contributed by atoms with Gasteiger partial charge in [0.05, 0.1) is 13.2 Å². The molecule has 0 radical (unpaired) electrons. The summed E-state index contributed by atoms with van der Waals surface area (Å²) in [6, 6.07) is 0.548. The predicted molar refractivity (Wildman–Crippen MR) is 139 cm³/mol. The molecule has 1 aromatic heterocycles. The van der Waals surface area contributed by atoms with E-state index in [9.17, 15) is 4.79 Å². The summed E-state index contributed by atoms with van der Waals surface area (Å²) < 4.78 is 7.65. The zero-order valence-electron chi connectivity index (χ0n) is 22.3. The molecule has 0 N–H and O–H groups in total. The number of morpholine rings is 1. The van der Waals surface area contributed by atoms with Crippen LogP contribution in [-0.2, 0) is 24.1 Å². The van der Waals surface area contributed by atoms with Crippen molar-refractivity contribution in [2.45, 2.75) is 89.3 Å². The fraction of sp³-hybridized carbons (Fsp3) is 0.862. The van der Waals surface area contributed by atoms with Gasteiger partial charge in [-0.15, -0.1) is 0 Å². The van der Waals surface area contributed by atoms with E-state index in [0.29, 0.717) is 37.9 Å². The number of carbonyl (C=O) groups is 1. The van der Waals surface area contributed by atoms with Crippen molar-refractivity contribution < 1.29 is 9.53 Å². The van der Waals surface area contributed by atoms with E-state index in [2.05, 4.69) is 21.4 Å². The van der Waals surface area contributed by atoms with Crippen molar-refractivity contribution >= 4 is 5.91 Å². The van der Waals surface area contributed by atoms with Crippen LogP contribution >= 0.6 is 0 Å². The largest absolute Gasteiger partial charge is 0.378 e. The lowest BCUT2D eigenvalue weighted by Crippen LogP contribution is -2.64. The van der Waals surface area contributed by atoms with Gasteiger partial charge in [-0.05, 0) is 82.0 Å². The van der Waals surface area contributed by atoms with E-state index >= 15 is 0 Å². The van der Waals surface area contributed by atoms with Crippen LogP contribution in [0, 0.1) is 17.8 Å².